The second-order valence-electron chi connectivity index (χ2n) is 4.30. The summed E-state index contributed by atoms with van der Waals surface area (Å²) in [5.74, 6) is -0.535. The van der Waals surface area contributed by atoms with Gasteiger partial charge in [0.25, 0.3) is 0 Å². The van der Waals surface area contributed by atoms with E-state index in [9.17, 15) is 4.79 Å². The molecule has 4 nitrogen and oxygen atoms in total. The van der Waals surface area contributed by atoms with E-state index in [0.29, 0.717) is 0 Å². The number of ether oxygens (including phenoxy) is 1. The van der Waals surface area contributed by atoms with Gasteiger partial charge in [0.05, 0.1) is 18.5 Å². The zero-order valence-corrected chi connectivity index (χ0v) is 10.8. The molecule has 0 saturated carbocycles. The van der Waals surface area contributed by atoms with Crippen molar-refractivity contribution in [3.8, 4) is 5.75 Å². The molecular weight excluding hydrogens is 230 g/mol. The lowest BCUT2D eigenvalue weighted by Gasteiger charge is -2.11. The number of aliphatic carboxylic acids is 1. The molecule has 1 aromatic heterocycles. The van der Waals surface area contributed by atoms with Crippen molar-refractivity contribution in [3.63, 3.8) is 0 Å². The van der Waals surface area contributed by atoms with Crippen LogP contribution in [0.4, 0.5) is 0 Å². The molecular formula is C14H17NO3. The highest BCUT2D eigenvalue weighted by Gasteiger charge is 2.19. The Morgan fingerprint density at radius 2 is 2.17 bits per heavy atom. The molecule has 0 aliphatic rings. The van der Waals surface area contributed by atoms with Crippen molar-refractivity contribution in [3.05, 3.63) is 30.0 Å². The third kappa shape index (κ3) is 1.94. The van der Waals surface area contributed by atoms with E-state index in [-0.39, 0.29) is 0 Å². The molecule has 0 saturated heterocycles. The molecule has 4 heteroatoms. The molecule has 1 heterocycles. The Morgan fingerprint density at radius 3 is 2.72 bits per heavy atom. The number of benzene rings is 1. The van der Waals surface area contributed by atoms with Crippen molar-refractivity contribution in [2.45, 2.75) is 26.3 Å². The molecule has 1 atom stereocenters. The first-order valence-electron chi connectivity index (χ1n) is 5.98. The number of nitrogens with zero attached hydrogens (tertiary/aromatic N) is 1. The number of hydrogen-bond acceptors (Lipinski definition) is 2. The zero-order valence-electron chi connectivity index (χ0n) is 10.8. The van der Waals surface area contributed by atoms with E-state index in [4.69, 9.17) is 9.84 Å². The molecule has 1 aromatic carbocycles. The van der Waals surface area contributed by atoms with E-state index in [1.165, 1.54) is 0 Å². The van der Waals surface area contributed by atoms with Crippen LogP contribution in [0.15, 0.2) is 24.3 Å². The molecule has 1 unspecified atom stereocenters. The van der Waals surface area contributed by atoms with E-state index < -0.39 is 11.9 Å². The zero-order chi connectivity index (χ0) is 13.3. The summed E-state index contributed by atoms with van der Waals surface area (Å²) >= 11 is 0. The van der Waals surface area contributed by atoms with Crippen LogP contribution in [-0.2, 0) is 11.3 Å². The van der Waals surface area contributed by atoms with Crippen molar-refractivity contribution < 1.29 is 14.6 Å². The van der Waals surface area contributed by atoms with Gasteiger partial charge in [-0.1, -0.05) is 0 Å². The number of carboxylic acids is 1. The first-order chi connectivity index (χ1) is 8.58. The third-order valence-corrected chi connectivity index (χ3v) is 3.27. The topological polar surface area (TPSA) is 51.5 Å². The second-order valence-corrected chi connectivity index (χ2v) is 4.30. The fourth-order valence-electron chi connectivity index (χ4n) is 2.22. The molecule has 0 amide bonds. The van der Waals surface area contributed by atoms with Gasteiger partial charge < -0.3 is 14.4 Å². The van der Waals surface area contributed by atoms with Crippen molar-refractivity contribution in [1.82, 2.24) is 4.57 Å². The van der Waals surface area contributed by atoms with Crippen LogP contribution in [0, 0.1) is 0 Å². The molecule has 0 bridgehead atoms. The first-order valence-corrected chi connectivity index (χ1v) is 5.98. The fraction of sp³-hybridized carbons (Fsp3) is 0.357. The van der Waals surface area contributed by atoms with Gasteiger partial charge in [-0.05, 0) is 32.0 Å². The minimum atomic E-state index is -0.806. The maximum Gasteiger partial charge on any atom is 0.312 e. The summed E-state index contributed by atoms with van der Waals surface area (Å²) in [7, 11) is 1.63. The summed E-state index contributed by atoms with van der Waals surface area (Å²) in [6, 6.07) is 7.73. The van der Waals surface area contributed by atoms with Crippen LogP contribution in [-0.4, -0.2) is 22.8 Å². The Bertz CT molecular complexity index is 586. The molecule has 2 aromatic rings. The molecule has 0 aliphatic carbocycles. The number of hydrogen-bond donors (Lipinski definition) is 1. The highest BCUT2D eigenvalue weighted by Crippen LogP contribution is 2.28. The number of aromatic nitrogens is 1. The minimum Gasteiger partial charge on any atom is -0.497 e. The number of aryl methyl sites for hydroxylation is 1. The van der Waals surface area contributed by atoms with Crippen LogP contribution >= 0.6 is 0 Å². The highest BCUT2D eigenvalue weighted by atomic mass is 16.5. The Kier molecular flexibility index (Phi) is 3.28. The van der Waals surface area contributed by atoms with Crippen LogP contribution in [0.25, 0.3) is 10.9 Å². The summed E-state index contributed by atoms with van der Waals surface area (Å²) in [6.45, 7) is 4.46. The van der Waals surface area contributed by atoms with Gasteiger partial charge in [-0.2, -0.15) is 0 Å². The van der Waals surface area contributed by atoms with Gasteiger partial charge in [0.15, 0.2) is 0 Å². The number of rotatable bonds is 4. The molecule has 0 radical (unpaired) electrons. The Labute approximate surface area is 106 Å². The maximum absolute atomic E-state index is 11.1. The Hall–Kier alpha value is -1.97. The molecule has 18 heavy (non-hydrogen) atoms. The number of fused-ring (bicyclic) bond motifs is 1. The normalized spacial score (nSPS) is 12.6. The SMILES string of the molecule is CCn1c(C(C)C(=O)O)cc2ccc(OC)cc21. The van der Waals surface area contributed by atoms with E-state index in [1.54, 1.807) is 14.0 Å². The molecule has 1 N–H and O–H groups in total. The predicted octanol–water partition coefficient (Wildman–Crippen LogP) is 2.86. The Morgan fingerprint density at radius 1 is 1.44 bits per heavy atom. The summed E-state index contributed by atoms with van der Waals surface area (Å²) in [5, 5.41) is 10.2. The molecule has 0 spiro atoms. The average Bonchev–Trinajstić information content (AvgIpc) is 2.74. The van der Waals surface area contributed by atoms with E-state index in [0.717, 1.165) is 28.9 Å². The van der Waals surface area contributed by atoms with Crippen molar-refractivity contribution in [1.29, 1.82) is 0 Å². The first kappa shape index (κ1) is 12.5. The Balaban J connectivity index is 2.65. The maximum atomic E-state index is 11.1. The smallest absolute Gasteiger partial charge is 0.312 e. The van der Waals surface area contributed by atoms with Crippen LogP contribution < -0.4 is 4.74 Å². The summed E-state index contributed by atoms with van der Waals surface area (Å²) in [5.41, 5.74) is 1.84. The van der Waals surface area contributed by atoms with Crippen molar-refractivity contribution in [2.24, 2.45) is 0 Å². The van der Waals surface area contributed by atoms with Gasteiger partial charge in [0, 0.05) is 23.7 Å². The van der Waals surface area contributed by atoms with E-state index in [1.807, 2.05) is 35.8 Å². The summed E-state index contributed by atoms with van der Waals surface area (Å²) in [4.78, 5) is 11.1. The number of methoxy groups -OCH3 is 1. The largest absolute Gasteiger partial charge is 0.497 e. The molecule has 0 aliphatic heterocycles. The van der Waals surface area contributed by atoms with Crippen LogP contribution in [0.1, 0.15) is 25.5 Å². The van der Waals surface area contributed by atoms with E-state index in [2.05, 4.69) is 0 Å². The highest BCUT2D eigenvalue weighted by molar-refractivity contribution is 5.85. The minimum absolute atomic E-state index is 0.511. The molecule has 96 valence electrons. The molecule has 2 rings (SSSR count). The standard InChI is InChI=1S/C14H17NO3/c1-4-15-12(9(2)14(16)17)7-10-5-6-11(18-3)8-13(10)15/h5-9H,4H2,1-3H3,(H,16,17). The monoisotopic (exact) mass is 247 g/mol. The number of carboxylic acid groups (broad SMARTS) is 1. The van der Waals surface area contributed by atoms with Crippen LogP contribution in [0.2, 0.25) is 0 Å². The lowest BCUT2D eigenvalue weighted by molar-refractivity contribution is -0.138. The lowest BCUT2D eigenvalue weighted by Crippen LogP contribution is -2.12. The lowest BCUT2D eigenvalue weighted by atomic mass is 10.1. The van der Waals surface area contributed by atoms with Gasteiger partial charge in [-0.3, -0.25) is 4.79 Å². The average molecular weight is 247 g/mol. The van der Waals surface area contributed by atoms with Gasteiger partial charge in [-0.15, -0.1) is 0 Å². The van der Waals surface area contributed by atoms with Gasteiger partial charge in [0.1, 0.15) is 5.75 Å². The molecule has 0 fully saturated rings. The van der Waals surface area contributed by atoms with Gasteiger partial charge >= 0.3 is 5.97 Å². The summed E-state index contributed by atoms with van der Waals surface area (Å²) in [6.07, 6.45) is 0. The van der Waals surface area contributed by atoms with Crippen LogP contribution in [0.5, 0.6) is 5.75 Å². The van der Waals surface area contributed by atoms with Gasteiger partial charge in [0.2, 0.25) is 0 Å². The predicted molar refractivity (Wildman–Crippen MR) is 70.2 cm³/mol. The number of carbonyl (C=O) groups is 1. The van der Waals surface area contributed by atoms with Gasteiger partial charge in [-0.25, -0.2) is 0 Å². The van der Waals surface area contributed by atoms with Crippen molar-refractivity contribution >= 4 is 16.9 Å². The van der Waals surface area contributed by atoms with E-state index >= 15 is 0 Å². The van der Waals surface area contributed by atoms with Crippen molar-refractivity contribution in [2.75, 3.05) is 7.11 Å². The quantitative estimate of drug-likeness (QED) is 0.903. The summed E-state index contributed by atoms with van der Waals surface area (Å²) < 4.78 is 7.23. The third-order valence-electron chi connectivity index (χ3n) is 3.27. The van der Waals surface area contributed by atoms with Crippen LogP contribution in [0.3, 0.4) is 0 Å². The fourth-order valence-corrected chi connectivity index (χ4v) is 2.22. The second kappa shape index (κ2) is 4.72.